The number of benzene rings is 2. The van der Waals surface area contributed by atoms with E-state index >= 15 is 0 Å². The molecule has 10 heteroatoms. The first kappa shape index (κ1) is 22.7. The summed E-state index contributed by atoms with van der Waals surface area (Å²) in [6, 6.07) is 14.6. The standard InChI is InChI=1S/C24H22N4O6/c1-4-34-23(30)18-17(14-10-12-16(13-11-14)28(32)33)19-21(26(2)24(31)27(3)22(19)29)25-20(18)15-8-6-5-7-9-15/h5-13,17,25H,4H2,1-3H3. The first-order chi connectivity index (χ1) is 16.3. The van der Waals surface area contributed by atoms with Gasteiger partial charge in [-0.25, -0.2) is 9.59 Å². The molecule has 4 rings (SSSR count). The fourth-order valence-electron chi connectivity index (χ4n) is 4.14. The number of carbonyl (C=O) groups excluding carboxylic acids is 1. The highest BCUT2D eigenvalue weighted by atomic mass is 16.6. The number of fused-ring (bicyclic) bond motifs is 1. The Morgan fingerprint density at radius 2 is 1.71 bits per heavy atom. The number of nitro groups is 1. The number of nitro benzene ring substituents is 1. The first-order valence-corrected chi connectivity index (χ1v) is 10.5. The van der Waals surface area contributed by atoms with Crippen LogP contribution in [0.15, 0.2) is 69.8 Å². The van der Waals surface area contributed by atoms with Crippen molar-refractivity contribution in [1.29, 1.82) is 0 Å². The first-order valence-electron chi connectivity index (χ1n) is 10.5. The Balaban J connectivity index is 2.11. The van der Waals surface area contributed by atoms with Crippen LogP contribution in [-0.2, 0) is 23.6 Å². The summed E-state index contributed by atoms with van der Waals surface area (Å²) in [5, 5.41) is 14.3. The van der Waals surface area contributed by atoms with E-state index in [0.717, 1.165) is 4.57 Å². The van der Waals surface area contributed by atoms with E-state index in [9.17, 15) is 24.5 Å². The molecule has 0 fully saturated rings. The molecule has 1 aliphatic heterocycles. The molecule has 1 unspecified atom stereocenters. The lowest BCUT2D eigenvalue weighted by Crippen LogP contribution is -2.43. The number of non-ortho nitro benzene ring substituents is 1. The third kappa shape index (κ3) is 3.68. The second-order valence-corrected chi connectivity index (χ2v) is 7.75. The fraction of sp³-hybridized carbons (Fsp3) is 0.208. The number of hydrogen-bond acceptors (Lipinski definition) is 7. The summed E-state index contributed by atoms with van der Waals surface area (Å²) in [6.45, 7) is 1.78. The molecule has 174 valence electrons. The molecule has 0 radical (unpaired) electrons. The van der Waals surface area contributed by atoms with E-state index in [1.54, 1.807) is 31.2 Å². The van der Waals surface area contributed by atoms with Gasteiger partial charge in [0.2, 0.25) is 0 Å². The third-order valence-electron chi connectivity index (χ3n) is 5.78. The Bertz CT molecular complexity index is 1440. The number of aromatic nitrogens is 2. The van der Waals surface area contributed by atoms with Gasteiger partial charge in [-0.2, -0.15) is 0 Å². The lowest BCUT2D eigenvalue weighted by atomic mass is 9.80. The molecule has 0 bridgehead atoms. The van der Waals surface area contributed by atoms with Crippen LogP contribution in [0.25, 0.3) is 5.70 Å². The SMILES string of the molecule is CCOC(=O)C1=C(c2ccccc2)Nc2c(c(=O)n(C)c(=O)n2C)C1c1ccc([N+](=O)[O-])cc1. The summed E-state index contributed by atoms with van der Waals surface area (Å²) < 4.78 is 7.64. The smallest absolute Gasteiger partial charge is 0.337 e. The minimum Gasteiger partial charge on any atom is -0.463 e. The van der Waals surface area contributed by atoms with Crippen LogP contribution in [0.1, 0.15) is 29.5 Å². The van der Waals surface area contributed by atoms with Crippen LogP contribution in [0, 0.1) is 10.1 Å². The molecule has 3 aromatic rings. The van der Waals surface area contributed by atoms with E-state index in [1.165, 1.54) is 42.9 Å². The zero-order chi connectivity index (χ0) is 24.6. The van der Waals surface area contributed by atoms with Crippen LogP contribution in [0.5, 0.6) is 0 Å². The number of carbonyl (C=O) groups is 1. The van der Waals surface area contributed by atoms with Gasteiger partial charge in [-0.1, -0.05) is 42.5 Å². The number of esters is 1. The minimum atomic E-state index is -0.934. The lowest BCUT2D eigenvalue weighted by molar-refractivity contribution is -0.384. The van der Waals surface area contributed by atoms with Gasteiger partial charge in [-0.3, -0.25) is 24.0 Å². The molecule has 0 saturated carbocycles. The van der Waals surface area contributed by atoms with Crippen molar-refractivity contribution in [2.45, 2.75) is 12.8 Å². The fourth-order valence-corrected chi connectivity index (χ4v) is 4.14. The second-order valence-electron chi connectivity index (χ2n) is 7.75. The average molecular weight is 462 g/mol. The Kier molecular flexibility index (Phi) is 5.89. The highest BCUT2D eigenvalue weighted by Crippen LogP contribution is 2.43. The van der Waals surface area contributed by atoms with Gasteiger partial charge in [0.15, 0.2) is 0 Å². The quantitative estimate of drug-likeness (QED) is 0.351. The normalized spacial score (nSPS) is 14.9. The van der Waals surface area contributed by atoms with Crippen molar-refractivity contribution in [3.05, 3.63) is 108 Å². The molecule has 1 aromatic heterocycles. The van der Waals surface area contributed by atoms with Gasteiger partial charge in [0.05, 0.1) is 34.3 Å². The second kappa shape index (κ2) is 8.81. The van der Waals surface area contributed by atoms with Crippen LogP contribution in [0.3, 0.4) is 0 Å². The van der Waals surface area contributed by atoms with Crippen molar-refractivity contribution in [2.24, 2.45) is 14.1 Å². The highest BCUT2D eigenvalue weighted by molar-refractivity contribution is 6.04. The van der Waals surface area contributed by atoms with Crippen LogP contribution in [0.4, 0.5) is 11.5 Å². The van der Waals surface area contributed by atoms with E-state index in [2.05, 4.69) is 5.32 Å². The van der Waals surface area contributed by atoms with Crippen molar-refractivity contribution in [3.63, 3.8) is 0 Å². The lowest BCUT2D eigenvalue weighted by Gasteiger charge is -2.32. The summed E-state index contributed by atoms with van der Waals surface area (Å²) in [4.78, 5) is 50.0. The van der Waals surface area contributed by atoms with Crippen molar-refractivity contribution in [3.8, 4) is 0 Å². The molecule has 1 atom stereocenters. The summed E-state index contributed by atoms with van der Waals surface area (Å²) >= 11 is 0. The number of hydrogen-bond donors (Lipinski definition) is 1. The number of nitrogens with zero attached hydrogens (tertiary/aromatic N) is 3. The maximum atomic E-state index is 13.3. The average Bonchev–Trinajstić information content (AvgIpc) is 2.85. The largest absolute Gasteiger partial charge is 0.463 e. The molecule has 0 amide bonds. The molecule has 0 saturated heterocycles. The van der Waals surface area contributed by atoms with Crippen molar-refractivity contribution >= 4 is 23.2 Å². The maximum Gasteiger partial charge on any atom is 0.337 e. The van der Waals surface area contributed by atoms with Crippen molar-refractivity contribution in [1.82, 2.24) is 9.13 Å². The van der Waals surface area contributed by atoms with Gasteiger partial charge in [-0.05, 0) is 18.1 Å². The van der Waals surface area contributed by atoms with Crippen molar-refractivity contribution < 1.29 is 14.5 Å². The molecule has 10 nitrogen and oxygen atoms in total. The van der Waals surface area contributed by atoms with Crippen LogP contribution in [-0.4, -0.2) is 26.6 Å². The summed E-state index contributed by atoms with van der Waals surface area (Å²) in [7, 11) is 2.89. The van der Waals surface area contributed by atoms with Crippen molar-refractivity contribution in [2.75, 3.05) is 11.9 Å². The Morgan fingerprint density at radius 1 is 1.06 bits per heavy atom. The van der Waals surface area contributed by atoms with Gasteiger partial charge in [0, 0.05) is 26.2 Å². The van der Waals surface area contributed by atoms with E-state index < -0.39 is 28.1 Å². The molecular weight excluding hydrogens is 440 g/mol. The van der Waals surface area contributed by atoms with Gasteiger partial charge in [-0.15, -0.1) is 0 Å². The van der Waals surface area contributed by atoms with Gasteiger partial charge in [0.25, 0.3) is 11.2 Å². The summed E-state index contributed by atoms with van der Waals surface area (Å²) in [6.07, 6.45) is 0. The van der Waals surface area contributed by atoms with Gasteiger partial charge in [0.1, 0.15) is 5.82 Å². The predicted molar refractivity (Wildman–Crippen MR) is 125 cm³/mol. The molecule has 2 aromatic carbocycles. The molecule has 0 aliphatic carbocycles. The Morgan fingerprint density at radius 3 is 2.29 bits per heavy atom. The van der Waals surface area contributed by atoms with Gasteiger partial charge >= 0.3 is 11.7 Å². The molecule has 0 spiro atoms. The molecule has 2 heterocycles. The number of rotatable bonds is 5. The van der Waals surface area contributed by atoms with Crippen LogP contribution < -0.4 is 16.6 Å². The zero-order valence-electron chi connectivity index (χ0n) is 18.8. The highest BCUT2D eigenvalue weighted by Gasteiger charge is 2.39. The molecule has 1 N–H and O–H groups in total. The Labute approximate surface area is 193 Å². The number of ether oxygens (including phenoxy) is 1. The number of anilines is 1. The van der Waals surface area contributed by atoms with E-state index in [4.69, 9.17) is 4.74 Å². The summed E-state index contributed by atoms with van der Waals surface area (Å²) in [5.41, 5.74) is 0.603. The number of nitrogens with one attached hydrogen (secondary N) is 1. The topological polar surface area (TPSA) is 125 Å². The third-order valence-corrected chi connectivity index (χ3v) is 5.78. The zero-order valence-corrected chi connectivity index (χ0v) is 18.8. The van der Waals surface area contributed by atoms with Crippen LogP contribution >= 0.6 is 0 Å². The van der Waals surface area contributed by atoms with Gasteiger partial charge < -0.3 is 10.1 Å². The molecule has 34 heavy (non-hydrogen) atoms. The molecule has 1 aliphatic rings. The molecular formula is C24H22N4O6. The predicted octanol–water partition coefficient (Wildman–Crippen LogP) is 2.52. The van der Waals surface area contributed by atoms with Crippen LogP contribution in [0.2, 0.25) is 0 Å². The van der Waals surface area contributed by atoms with E-state index in [-0.39, 0.29) is 29.2 Å². The van der Waals surface area contributed by atoms with E-state index in [1.807, 2.05) is 6.07 Å². The Hall–Kier alpha value is -4.47. The van der Waals surface area contributed by atoms with E-state index in [0.29, 0.717) is 16.8 Å². The summed E-state index contributed by atoms with van der Waals surface area (Å²) in [5.74, 6) is -1.33. The maximum absolute atomic E-state index is 13.3. The monoisotopic (exact) mass is 462 g/mol. The minimum absolute atomic E-state index is 0.107.